The minimum Gasteiger partial charge on any atom is -0.306 e. The highest BCUT2D eigenvalue weighted by Crippen LogP contribution is 2.28. The molecule has 1 fully saturated rings. The van der Waals surface area contributed by atoms with Crippen LogP contribution < -0.4 is 0 Å². The summed E-state index contributed by atoms with van der Waals surface area (Å²) < 4.78 is 1.82. The molecule has 0 amide bonds. The molecule has 1 aromatic heterocycles. The molecule has 84 valence electrons. The van der Waals surface area contributed by atoms with E-state index >= 15 is 0 Å². The number of nitrogens with zero attached hydrogens (tertiary/aromatic N) is 5. The third kappa shape index (κ3) is 2.31. The first-order valence-corrected chi connectivity index (χ1v) is 5.78. The molecule has 0 aliphatic carbocycles. The van der Waals surface area contributed by atoms with Crippen LogP contribution in [0.3, 0.4) is 0 Å². The molecule has 2 rings (SSSR count). The lowest BCUT2D eigenvalue weighted by Gasteiger charge is -2.32. The molecule has 0 spiro atoms. The SMILES string of the molecule is CC(C1CCN(C)CC1)n1nnnc1S. The Balaban J connectivity index is 2.02. The van der Waals surface area contributed by atoms with Crippen LogP contribution in [-0.2, 0) is 0 Å². The van der Waals surface area contributed by atoms with Gasteiger partial charge in [-0.1, -0.05) is 0 Å². The van der Waals surface area contributed by atoms with Gasteiger partial charge in [0.1, 0.15) is 0 Å². The molecule has 1 aliphatic rings. The van der Waals surface area contributed by atoms with Crippen molar-refractivity contribution in [1.82, 2.24) is 25.1 Å². The zero-order valence-electron chi connectivity index (χ0n) is 9.17. The Morgan fingerprint density at radius 1 is 1.40 bits per heavy atom. The van der Waals surface area contributed by atoms with Crippen molar-refractivity contribution >= 4 is 12.6 Å². The maximum Gasteiger partial charge on any atom is 0.206 e. The van der Waals surface area contributed by atoms with E-state index in [-0.39, 0.29) is 0 Å². The molecule has 0 N–H and O–H groups in total. The number of likely N-dealkylation sites (tertiary alicyclic amines) is 1. The average molecular weight is 227 g/mol. The number of aromatic nitrogens is 4. The molecule has 5 nitrogen and oxygen atoms in total. The van der Waals surface area contributed by atoms with E-state index in [2.05, 4.69) is 47.0 Å². The Bertz CT molecular complexity index is 318. The number of thiol groups is 1. The average Bonchev–Trinajstić information content (AvgIpc) is 2.65. The maximum absolute atomic E-state index is 4.24. The molecule has 6 heteroatoms. The lowest BCUT2D eigenvalue weighted by Crippen LogP contribution is -2.33. The third-order valence-corrected chi connectivity index (χ3v) is 3.60. The van der Waals surface area contributed by atoms with Gasteiger partial charge in [-0.15, -0.1) is 17.7 Å². The monoisotopic (exact) mass is 227 g/mol. The van der Waals surface area contributed by atoms with Gasteiger partial charge in [0.2, 0.25) is 5.16 Å². The molecule has 0 radical (unpaired) electrons. The van der Waals surface area contributed by atoms with Gasteiger partial charge in [0.15, 0.2) is 0 Å². The summed E-state index contributed by atoms with van der Waals surface area (Å²) in [5, 5.41) is 12.0. The van der Waals surface area contributed by atoms with Crippen LogP contribution in [0.4, 0.5) is 0 Å². The Morgan fingerprint density at radius 3 is 2.60 bits per heavy atom. The van der Waals surface area contributed by atoms with Crippen LogP contribution in [0, 0.1) is 5.92 Å². The van der Waals surface area contributed by atoms with Gasteiger partial charge in [-0.2, -0.15) is 0 Å². The summed E-state index contributed by atoms with van der Waals surface area (Å²) in [4.78, 5) is 2.37. The summed E-state index contributed by atoms with van der Waals surface area (Å²) in [6.45, 7) is 4.50. The molecule has 0 saturated carbocycles. The van der Waals surface area contributed by atoms with E-state index in [1.54, 1.807) is 0 Å². The van der Waals surface area contributed by atoms with E-state index in [1.807, 2.05) is 4.68 Å². The minimum atomic E-state index is 0.348. The van der Waals surface area contributed by atoms with Crippen LogP contribution in [0.1, 0.15) is 25.8 Å². The highest BCUT2D eigenvalue weighted by molar-refractivity contribution is 7.80. The topological polar surface area (TPSA) is 46.8 Å². The van der Waals surface area contributed by atoms with Crippen LogP contribution in [0.5, 0.6) is 0 Å². The first-order valence-electron chi connectivity index (χ1n) is 5.34. The maximum atomic E-state index is 4.24. The lowest BCUT2D eigenvalue weighted by molar-refractivity contribution is 0.168. The predicted molar refractivity (Wildman–Crippen MR) is 60.0 cm³/mol. The zero-order valence-corrected chi connectivity index (χ0v) is 10.1. The molecule has 1 aromatic rings. The second kappa shape index (κ2) is 4.49. The molecule has 2 heterocycles. The largest absolute Gasteiger partial charge is 0.306 e. The summed E-state index contributed by atoms with van der Waals surface area (Å²) in [5.41, 5.74) is 0. The van der Waals surface area contributed by atoms with E-state index in [9.17, 15) is 0 Å². The van der Waals surface area contributed by atoms with Crippen LogP contribution in [0.25, 0.3) is 0 Å². The fourth-order valence-electron chi connectivity index (χ4n) is 2.16. The molecule has 0 aromatic carbocycles. The summed E-state index contributed by atoms with van der Waals surface area (Å²) in [6, 6.07) is 0.348. The highest BCUT2D eigenvalue weighted by Gasteiger charge is 2.25. The summed E-state index contributed by atoms with van der Waals surface area (Å²) in [7, 11) is 2.17. The number of piperidine rings is 1. The summed E-state index contributed by atoms with van der Waals surface area (Å²) in [5.74, 6) is 0.663. The van der Waals surface area contributed by atoms with Gasteiger partial charge in [-0.3, -0.25) is 0 Å². The number of rotatable bonds is 2. The molecule has 1 atom stereocenters. The van der Waals surface area contributed by atoms with Gasteiger partial charge in [0.25, 0.3) is 0 Å². The van der Waals surface area contributed by atoms with Gasteiger partial charge in [0.05, 0.1) is 6.04 Å². The first-order chi connectivity index (χ1) is 7.18. The van der Waals surface area contributed by atoms with Gasteiger partial charge in [-0.05, 0) is 56.2 Å². The number of hydrogen-bond acceptors (Lipinski definition) is 5. The zero-order chi connectivity index (χ0) is 10.8. The van der Waals surface area contributed by atoms with Crippen LogP contribution in [0.2, 0.25) is 0 Å². The first kappa shape index (κ1) is 10.9. The fraction of sp³-hybridized carbons (Fsp3) is 0.889. The number of tetrazole rings is 1. The van der Waals surface area contributed by atoms with E-state index in [0.717, 1.165) is 0 Å². The quantitative estimate of drug-likeness (QED) is 0.761. The molecule has 1 unspecified atom stereocenters. The predicted octanol–water partition coefficient (Wildman–Crippen LogP) is 0.865. The van der Waals surface area contributed by atoms with E-state index in [1.165, 1.54) is 25.9 Å². The Hall–Kier alpha value is -0.620. The molecule has 0 bridgehead atoms. The normalized spacial score (nSPS) is 21.8. The van der Waals surface area contributed by atoms with Crippen molar-refractivity contribution in [2.45, 2.75) is 31.0 Å². The second-order valence-corrected chi connectivity index (χ2v) is 4.70. The van der Waals surface area contributed by atoms with Gasteiger partial charge >= 0.3 is 0 Å². The van der Waals surface area contributed by atoms with Gasteiger partial charge < -0.3 is 4.90 Å². The van der Waals surface area contributed by atoms with E-state index in [4.69, 9.17) is 0 Å². The van der Waals surface area contributed by atoms with Crippen molar-refractivity contribution in [2.75, 3.05) is 20.1 Å². The second-order valence-electron chi connectivity index (χ2n) is 4.30. The molecule has 1 aliphatic heterocycles. The number of hydrogen-bond donors (Lipinski definition) is 1. The van der Waals surface area contributed by atoms with Crippen molar-refractivity contribution < 1.29 is 0 Å². The van der Waals surface area contributed by atoms with Crippen molar-refractivity contribution in [1.29, 1.82) is 0 Å². The van der Waals surface area contributed by atoms with Gasteiger partial charge in [-0.25, -0.2) is 4.68 Å². The van der Waals surface area contributed by atoms with Crippen molar-refractivity contribution in [3.8, 4) is 0 Å². The third-order valence-electron chi connectivity index (χ3n) is 3.31. The Labute approximate surface area is 95.2 Å². The van der Waals surface area contributed by atoms with Crippen molar-refractivity contribution in [3.05, 3.63) is 0 Å². The van der Waals surface area contributed by atoms with Crippen LogP contribution in [0.15, 0.2) is 5.16 Å². The molecule has 15 heavy (non-hydrogen) atoms. The smallest absolute Gasteiger partial charge is 0.206 e. The van der Waals surface area contributed by atoms with E-state index < -0.39 is 0 Å². The summed E-state index contributed by atoms with van der Waals surface area (Å²) in [6.07, 6.45) is 2.43. The Morgan fingerprint density at radius 2 is 2.07 bits per heavy atom. The molecule has 1 saturated heterocycles. The fourth-order valence-corrected chi connectivity index (χ4v) is 2.43. The molecular formula is C9H17N5S. The summed E-state index contributed by atoms with van der Waals surface area (Å²) >= 11 is 4.24. The van der Waals surface area contributed by atoms with Crippen molar-refractivity contribution in [2.24, 2.45) is 5.92 Å². The Kier molecular flexibility index (Phi) is 3.25. The standard InChI is InChI=1S/C9H17N5S/c1-7(14-9(15)10-11-12-14)8-3-5-13(2)6-4-8/h7-8H,3-6H2,1-2H3,(H,10,12,15). The molecular weight excluding hydrogens is 210 g/mol. The lowest BCUT2D eigenvalue weighted by atomic mass is 9.91. The van der Waals surface area contributed by atoms with Crippen molar-refractivity contribution in [3.63, 3.8) is 0 Å². The van der Waals surface area contributed by atoms with Crippen LogP contribution in [-0.4, -0.2) is 45.2 Å². The van der Waals surface area contributed by atoms with E-state index in [0.29, 0.717) is 17.1 Å². The highest BCUT2D eigenvalue weighted by atomic mass is 32.1. The van der Waals surface area contributed by atoms with Gasteiger partial charge in [0, 0.05) is 0 Å². The van der Waals surface area contributed by atoms with Crippen LogP contribution >= 0.6 is 12.6 Å². The minimum absolute atomic E-state index is 0.348.